The van der Waals surface area contributed by atoms with Gasteiger partial charge in [-0.1, -0.05) is 19.1 Å². The molecule has 1 aliphatic rings. The third kappa shape index (κ3) is 4.07. The van der Waals surface area contributed by atoms with Crippen molar-refractivity contribution in [3.05, 3.63) is 68.9 Å². The highest BCUT2D eigenvalue weighted by Gasteiger charge is 2.34. The van der Waals surface area contributed by atoms with E-state index in [0.29, 0.717) is 17.0 Å². The van der Waals surface area contributed by atoms with Gasteiger partial charge in [0.1, 0.15) is 11.4 Å². The van der Waals surface area contributed by atoms with E-state index in [0.717, 1.165) is 6.42 Å². The summed E-state index contributed by atoms with van der Waals surface area (Å²) in [7, 11) is 1.42. The van der Waals surface area contributed by atoms with Gasteiger partial charge in [0.05, 0.1) is 12.1 Å². The highest BCUT2D eigenvalue weighted by molar-refractivity contribution is 5.99. The normalized spacial score (nSPS) is 18.1. The molecule has 1 saturated carbocycles. The Bertz CT molecular complexity index is 967. The second-order valence-corrected chi connectivity index (χ2v) is 7.03. The van der Waals surface area contributed by atoms with E-state index in [-0.39, 0.29) is 35.4 Å². The van der Waals surface area contributed by atoms with E-state index in [4.69, 9.17) is 0 Å². The molecule has 7 heteroatoms. The Kier molecular flexibility index (Phi) is 5.12. The molecule has 1 aromatic carbocycles. The summed E-state index contributed by atoms with van der Waals surface area (Å²) in [6.07, 6.45) is 2.36. The molecule has 0 spiro atoms. The summed E-state index contributed by atoms with van der Waals surface area (Å²) in [5, 5.41) is 5.32. The van der Waals surface area contributed by atoms with Crippen LogP contribution in [0.5, 0.6) is 0 Å². The zero-order chi connectivity index (χ0) is 19.7. The minimum Gasteiger partial charge on any atom is -0.355 e. The summed E-state index contributed by atoms with van der Waals surface area (Å²) in [5.74, 6) is -0.777. The van der Waals surface area contributed by atoms with Crippen LogP contribution in [0.3, 0.4) is 0 Å². The molecular formula is C20H22FN3O3. The Balaban J connectivity index is 1.98. The third-order valence-corrected chi connectivity index (χ3v) is 4.82. The summed E-state index contributed by atoms with van der Waals surface area (Å²) >= 11 is 0. The molecule has 2 atom stereocenters. The van der Waals surface area contributed by atoms with Crippen molar-refractivity contribution in [3.8, 4) is 0 Å². The second-order valence-electron chi connectivity index (χ2n) is 7.03. The van der Waals surface area contributed by atoms with E-state index in [9.17, 15) is 18.8 Å². The number of rotatable bonds is 5. The van der Waals surface area contributed by atoms with Crippen LogP contribution in [-0.4, -0.2) is 29.5 Å². The van der Waals surface area contributed by atoms with E-state index < -0.39 is 11.5 Å². The molecule has 0 bridgehead atoms. The van der Waals surface area contributed by atoms with Gasteiger partial charge in [0.25, 0.3) is 17.4 Å². The number of amides is 2. The van der Waals surface area contributed by atoms with Gasteiger partial charge in [0, 0.05) is 19.3 Å². The smallest absolute Gasteiger partial charge is 0.263 e. The SMILES string of the molecule is CNC(=O)c1cc(C(=O)N[C@@H]2C[C@H]2C)cn(Cc2ccc(F)c(C)c2)c1=O. The van der Waals surface area contributed by atoms with Crippen LogP contribution in [0.1, 0.15) is 45.2 Å². The van der Waals surface area contributed by atoms with E-state index >= 15 is 0 Å². The lowest BCUT2D eigenvalue weighted by Crippen LogP contribution is -2.34. The first kappa shape index (κ1) is 18.8. The maximum atomic E-state index is 13.5. The van der Waals surface area contributed by atoms with Crippen LogP contribution in [0.4, 0.5) is 4.39 Å². The molecule has 2 N–H and O–H groups in total. The fraction of sp³-hybridized carbons (Fsp3) is 0.350. The van der Waals surface area contributed by atoms with Crippen molar-refractivity contribution in [2.45, 2.75) is 32.9 Å². The summed E-state index contributed by atoms with van der Waals surface area (Å²) in [4.78, 5) is 37.3. The number of pyridine rings is 1. The molecule has 2 aromatic rings. The number of halogens is 1. The van der Waals surface area contributed by atoms with Crippen LogP contribution < -0.4 is 16.2 Å². The van der Waals surface area contributed by atoms with Gasteiger partial charge < -0.3 is 15.2 Å². The Labute approximate surface area is 156 Å². The molecule has 27 heavy (non-hydrogen) atoms. The number of benzene rings is 1. The van der Waals surface area contributed by atoms with Crippen molar-refractivity contribution in [2.75, 3.05) is 7.05 Å². The number of hydrogen-bond acceptors (Lipinski definition) is 3. The van der Waals surface area contributed by atoms with E-state index in [1.165, 1.54) is 29.9 Å². The highest BCUT2D eigenvalue weighted by atomic mass is 19.1. The molecule has 0 saturated heterocycles. The molecule has 1 aliphatic carbocycles. The Morgan fingerprint density at radius 1 is 1.26 bits per heavy atom. The summed E-state index contributed by atoms with van der Waals surface area (Å²) in [6.45, 7) is 3.81. The van der Waals surface area contributed by atoms with Crippen molar-refractivity contribution in [1.29, 1.82) is 0 Å². The number of hydrogen-bond donors (Lipinski definition) is 2. The van der Waals surface area contributed by atoms with Gasteiger partial charge in [0.2, 0.25) is 0 Å². The number of aromatic nitrogens is 1. The van der Waals surface area contributed by atoms with Crippen LogP contribution >= 0.6 is 0 Å². The van der Waals surface area contributed by atoms with Gasteiger partial charge in [-0.05, 0) is 42.5 Å². The molecule has 6 nitrogen and oxygen atoms in total. The predicted molar refractivity (Wildman–Crippen MR) is 99.4 cm³/mol. The summed E-state index contributed by atoms with van der Waals surface area (Å²) in [6, 6.07) is 5.99. The topological polar surface area (TPSA) is 80.2 Å². The number of carbonyl (C=O) groups excluding carboxylic acids is 2. The third-order valence-electron chi connectivity index (χ3n) is 4.82. The zero-order valence-corrected chi connectivity index (χ0v) is 15.5. The van der Waals surface area contributed by atoms with Crippen LogP contribution in [0.25, 0.3) is 0 Å². The lowest BCUT2D eigenvalue weighted by atomic mass is 10.1. The lowest BCUT2D eigenvalue weighted by Gasteiger charge is -2.12. The fourth-order valence-corrected chi connectivity index (χ4v) is 2.95. The van der Waals surface area contributed by atoms with Crippen molar-refractivity contribution < 1.29 is 14.0 Å². The van der Waals surface area contributed by atoms with Crippen LogP contribution in [0.15, 0.2) is 35.3 Å². The standard InChI is InChI=1S/C20H22FN3O3/c1-11-6-13(4-5-16(11)21)9-24-10-14(18(25)23-17-7-12(17)2)8-15(20(24)27)19(26)22-3/h4-6,8,10,12,17H,7,9H2,1-3H3,(H,22,26)(H,23,25)/t12-,17-/m1/s1. The zero-order valence-electron chi connectivity index (χ0n) is 15.5. The molecule has 0 aliphatic heterocycles. The van der Waals surface area contributed by atoms with Crippen LogP contribution in [0.2, 0.25) is 0 Å². The van der Waals surface area contributed by atoms with Crippen molar-refractivity contribution in [1.82, 2.24) is 15.2 Å². The van der Waals surface area contributed by atoms with Gasteiger partial charge >= 0.3 is 0 Å². The molecule has 1 heterocycles. The minimum absolute atomic E-state index is 0.104. The Hall–Kier alpha value is -2.96. The highest BCUT2D eigenvalue weighted by Crippen LogP contribution is 2.29. The number of nitrogens with one attached hydrogen (secondary N) is 2. The largest absolute Gasteiger partial charge is 0.355 e. The quantitative estimate of drug-likeness (QED) is 0.842. The van der Waals surface area contributed by atoms with E-state index in [1.54, 1.807) is 19.1 Å². The molecule has 2 amide bonds. The Morgan fingerprint density at radius 2 is 1.96 bits per heavy atom. The first-order valence-corrected chi connectivity index (χ1v) is 8.82. The predicted octanol–water partition coefficient (Wildman–Crippen LogP) is 1.84. The monoisotopic (exact) mass is 371 g/mol. The molecule has 3 rings (SSSR count). The van der Waals surface area contributed by atoms with Gasteiger partial charge in [-0.25, -0.2) is 4.39 Å². The maximum absolute atomic E-state index is 13.5. The second kappa shape index (κ2) is 7.34. The van der Waals surface area contributed by atoms with Crippen molar-refractivity contribution in [3.63, 3.8) is 0 Å². The first-order chi connectivity index (χ1) is 12.8. The number of carbonyl (C=O) groups is 2. The Morgan fingerprint density at radius 3 is 2.56 bits per heavy atom. The number of aryl methyl sites for hydroxylation is 1. The van der Waals surface area contributed by atoms with Crippen molar-refractivity contribution in [2.24, 2.45) is 5.92 Å². The van der Waals surface area contributed by atoms with Gasteiger partial charge in [0.15, 0.2) is 0 Å². The molecule has 142 valence electrons. The minimum atomic E-state index is -0.557. The van der Waals surface area contributed by atoms with Crippen LogP contribution in [0, 0.1) is 18.7 Å². The molecule has 0 radical (unpaired) electrons. The molecule has 1 fully saturated rings. The molecule has 1 aromatic heterocycles. The lowest BCUT2D eigenvalue weighted by molar-refractivity contribution is 0.0948. The van der Waals surface area contributed by atoms with Gasteiger partial charge in [-0.2, -0.15) is 0 Å². The van der Waals surface area contributed by atoms with Crippen LogP contribution in [-0.2, 0) is 6.54 Å². The van der Waals surface area contributed by atoms with Gasteiger partial charge in [-0.3, -0.25) is 14.4 Å². The van der Waals surface area contributed by atoms with E-state index in [1.807, 2.05) is 6.92 Å². The maximum Gasteiger partial charge on any atom is 0.263 e. The average molecular weight is 371 g/mol. The summed E-state index contributed by atoms with van der Waals surface area (Å²) < 4.78 is 14.8. The fourth-order valence-electron chi connectivity index (χ4n) is 2.95. The first-order valence-electron chi connectivity index (χ1n) is 8.82. The van der Waals surface area contributed by atoms with Crippen molar-refractivity contribution >= 4 is 11.8 Å². The average Bonchev–Trinajstić information content (AvgIpc) is 3.33. The number of nitrogens with zero attached hydrogens (tertiary/aromatic N) is 1. The molecule has 0 unspecified atom stereocenters. The van der Waals surface area contributed by atoms with Gasteiger partial charge in [-0.15, -0.1) is 0 Å². The summed E-state index contributed by atoms with van der Waals surface area (Å²) in [5.41, 5.74) is 0.794. The molecular weight excluding hydrogens is 349 g/mol. The van der Waals surface area contributed by atoms with E-state index in [2.05, 4.69) is 10.6 Å².